The highest BCUT2D eigenvalue weighted by Gasteiger charge is 2.36. The van der Waals surface area contributed by atoms with Crippen molar-refractivity contribution in [3.63, 3.8) is 0 Å². The van der Waals surface area contributed by atoms with Gasteiger partial charge in [0.2, 0.25) is 11.8 Å². The number of sulfonamides is 1. The Balaban J connectivity index is 1.85. The quantitative estimate of drug-likeness (QED) is 0.166. The molecule has 0 aromatic heterocycles. The first kappa shape index (κ1) is 36.2. The number of carbonyl (C=O) groups excluding carboxylic acids is 2. The molecule has 0 radical (unpaired) electrons. The van der Waals surface area contributed by atoms with E-state index in [2.05, 4.69) is 5.32 Å². The van der Waals surface area contributed by atoms with Crippen LogP contribution < -0.4 is 9.62 Å². The number of nitrogens with one attached hydrogen (secondary N) is 1. The molecule has 7 nitrogen and oxygen atoms in total. The monoisotopic (exact) mass is 679 g/mol. The maximum absolute atomic E-state index is 14.5. The third-order valence-corrected chi connectivity index (χ3v) is 9.69. The Bertz CT molecular complexity index is 1810. The van der Waals surface area contributed by atoms with Crippen LogP contribution in [0, 0.1) is 19.8 Å². The zero-order valence-corrected chi connectivity index (χ0v) is 28.2. The predicted molar refractivity (Wildman–Crippen MR) is 181 cm³/mol. The van der Waals surface area contributed by atoms with Crippen LogP contribution in [0.5, 0.6) is 0 Å². The molecule has 48 heavy (non-hydrogen) atoms. The summed E-state index contributed by atoms with van der Waals surface area (Å²) in [4.78, 5) is 29.6. The van der Waals surface area contributed by atoms with Gasteiger partial charge >= 0.3 is 6.18 Å². The number of hydrogen-bond donors (Lipinski definition) is 1. The first-order valence-corrected chi connectivity index (χ1v) is 17.0. The Morgan fingerprint density at radius 3 is 2.10 bits per heavy atom. The topological polar surface area (TPSA) is 86.8 Å². The number of alkyl halides is 3. The molecule has 0 unspecified atom stereocenters. The molecule has 254 valence electrons. The van der Waals surface area contributed by atoms with Crippen LogP contribution in [0.2, 0.25) is 0 Å². The van der Waals surface area contributed by atoms with Gasteiger partial charge < -0.3 is 10.2 Å². The van der Waals surface area contributed by atoms with Crippen molar-refractivity contribution in [1.82, 2.24) is 10.2 Å². The van der Waals surface area contributed by atoms with Gasteiger partial charge in [-0.3, -0.25) is 13.9 Å². The van der Waals surface area contributed by atoms with Gasteiger partial charge in [0.1, 0.15) is 12.6 Å². The lowest BCUT2D eigenvalue weighted by atomic mass is 10.0. The van der Waals surface area contributed by atoms with Gasteiger partial charge in [0, 0.05) is 19.5 Å². The van der Waals surface area contributed by atoms with Crippen LogP contribution in [0.25, 0.3) is 0 Å². The van der Waals surface area contributed by atoms with E-state index >= 15 is 0 Å². The third kappa shape index (κ3) is 9.25. The molecule has 11 heteroatoms. The largest absolute Gasteiger partial charge is 0.416 e. The highest BCUT2D eigenvalue weighted by molar-refractivity contribution is 7.92. The highest BCUT2D eigenvalue weighted by Crippen LogP contribution is 2.33. The molecule has 0 aliphatic heterocycles. The second-order valence-electron chi connectivity index (χ2n) is 12.2. The van der Waals surface area contributed by atoms with E-state index in [1.807, 2.05) is 69.3 Å². The molecule has 4 aromatic carbocycles. The minimum atomic E-state index is -4.76. The summed E-state index contributed by atoms with van der Waals surface area (Å²) >= 11 is 0. The summed E-state index contributed by atoms with van der Waals surface area (Å²) < 4.78 is 70.4. The fourth-order valence-corrected chi connectivity index (χ4v) is 6.56. The van der Waals surface area contributed by atoms with Gasteiger partial charge in [-0.15, -0.1) is 0 Å². The Labute approximate surface area is 280 Å². The van der Waals surface area contributed by atoms with E-state index in [0.717, 1.165) is 34.4 Å². The maximum Gasteiger partial charge on any atom is 0.416 e. The standard InChI is InChI=1S/C37H40F3N3O4S/c1-26(2)23-41-36(45)34(21-29-12-6-5-7-13-29)42(24-30-14-9-8-11-28(30)4)35(44)25-43(32-16-10-15-31(22-32)37(38,39)40)48(46,47)33-19-17-27(3)18-20-33/h5-20,22,26,34H,21,23-25H2,1-4H3,(H,41,45)/t34-/m0/s1. The van der Waals surface area contributed by atoms with E-state index in [0.29, 0.717) is 16.9 Å². The lowest BCUT2D eigenvalue weighted by molar-refractivity contribution is -0.140. The molecule has 0 aliphatic rings. The first-order valence-electron chi connectivity index (χ1n) is 15.6. The van der Waals surface area contributed by atoms with Crippen molar-refractivity contribution in [2.45, 2.75) is 57.8 Å². The minimum absolute atomic E-state index is 0.0425. The SMILES string of the molecule is Cc1ccc(S(=O)(=O)N(CC(=O)N(Cc2ccccc2C)[C@@H](Cc2ccccc2)C(=O)NCC(C)C)c2cccc(C(F)(F)F)c2)cc1. The van der Waals surface area contributed by atoms with E-state index < -0.39 is 46.2 Å². The van der Waals surface area contributed by atoms with Gasteiger partial charge in [-0.1, -0.05) is 92.2 Å². The van der Waals surface area contributed by atoms with Crippen LogP contribution in [0.4, 0.5) is 18.9 Å². The summed E-state index contributed by atoms with van der Waals surface area (Å²) in [6.07, 6.45) is -4.64. The number of hydrogen-bond acceptors (Lipinski definition) is 4. The van der Waals surface area contributed by atoms with E-state index in [9.17, 15) is 31.2 Å². The minimum Gasteiger partial charge on any atom is -0.354 e. The molecule has 0 fully saturated rings. The molecule has 0 heterocycles. The van der Waals surface area contributed by atoms with Crippen LogP contribution in [-0.4, -0.2) is 44.3 Å². The Hall–Kier alpha value is -4.64. The first-order chi connectivity index (χ1) is 22.7. The summed E-state index contributed by atoms with van der Waals surface area (Å²) in [6.45, 7) is 6.95. The molecular weight excluding hydrogens is 639 g/mol. The van der Waals surface area contributed by atoms with Crippen molar-refractivity contribution in [2.75, 3.05) is 17.4 Å². The van der Waals surface area contributed by atoms with Crippen molar-refractivity contribution in [3.05, 3.63) is 131 Å². The van der Waals surface area contributed by atoms with Crippen molar-refractivity contribution in [1.29, 1.82) is 0 Å². The second-order valence-corrected chi connectivity index (χ2v) is 14.0. The number of amides is 2. The predicted octanol–water partition coefficient (Wildman–Crippen LogP) is 6.93. The number of benzene rings is 4. The smallest absolute Gasteiger partial charge is 0.354 e. The average molecular weight is 680 g/mol. The van der Waals surface area contributed by atoms with E-state index in [4.69, 9.17) is 0 Å². The van der Waals surface area contributed by atoms with E-state index in [1.54, 1.807) is 25.1 Å². The Kier molecular flexibility index (Phi) is 11.7. The van der Waals surface area contributed by atoms with Crippen LogP contribution in [0.3, 0.4) is 0 Å². The number of halogens is 3. The number of aryl methyl sites for hydroxylation is 2. The highest BCUT2D eigenvalue weighted by atomic mass is 32.2. The van der Waals surface area contributed by atoms with Gasteiger partial charge in [-0.05, 0) is 66.8 Å². The summed E-state index contributed by atoms with van der Waals surface area (Å²) in [5.74, 6) is -1.07. The molecule has 4 rings (SSSR count). The second kappa shape index (κ2) is 15.5. The van der Waals surface area contributed by atoms with Crippen molar-refractivity contribution in [2.24, 2.45) is 5.92 Å². The molecule has 2 amide bonds. The summed E-state index contributed by atoms with van der Waals surface area (Å²) in [5, 5.41) is 2.92. The Morgan fingerprint density at radius 1 is 0.833 bits per heavy atom. The van der Waals surface area contributed by atoms with Gasteiger partial charge in [0.15, 0.2) is 0 Å². The zero-order valence-electron chi connectivity index (χ0n) is 27.4. The molecule has 1 atom stereocenters. The lowest BCUT2D eigenvalue weighted by Crippen LogP contribution is -2.53. The molecule has 0 bridgehead atoms. The van der Waals surface area contributed by atoms with Crippen molar-refractivity contribution in [3.8, 4) is 0 Å². The maximum atomic E-state index is 14.5. The number of rotatable bonds is 13. The molecule has 0 spiro atoms. The number of carbonyl (C=O) groups is 2. The summed E-state index contributed by atoms with van der Waals surface area (Å²) in [6, 6.07) is 25.1. The van der Waals surface area contributed by atoms with Crippen LogP contribution in [-0.2, 0) is 38.8 Å². The molecule has 0 aliphatic carbocycles. The van der Waals surface area contributed by atoms with Gasteiger partial charge in [0.05, 0.1) is 16.1 Å². The average Bonchev–Trinajstić information content (AvgIpc) is 3.05. The zero-order chi connectivity index (χ0) is 35.1. The van der Waals surface area contributed by atoms with Gasteiger partial charge in [-0.2, -0.15) is 13.2 Å². The number of nitrogens with zero attached hydrogens (tertiary/aromatic N) is 2. The van der Waals surface area contributed by atoms with Crippen LogP contribution in [0.1, 0.15) is 41.7 Å². The van der Waals surface area contributed by atoms with E-state index in [1.165, 1.54) is 23.1 Å². The Morgan fingerprint density at radius 2 is 1.48 bits per heavy atom. The molecular formula is C37H40F3N3O4S. The van der Waals surface area contributed by atoms with Gasteiger partial charge in [0.25, 0.3) is 10.0 Å². The normalized spacial score (nSPS) is 12.4. The third-order valence-electron chi connectivity index (χ3n) is 7.91. The van der Waals surface area contributed by atoms with Crippen LogP contribution >= 0.6 is 0 Å². The van der Waals surface area contributed by atoms with Crippen molar-refractivity contribution >= 4 is 27.5 Å². The fourth-order valence-electron chi connectivity index (χ4n) is 5.15. The number of anilines is 1. The summed E-state index contributed by atoms with van der Waals surface area (Å²) in [7, 11) is -4.55. The van der Waals surface area contributed by atoms with Gasteiger partial charge in [-0.25, -0.2) is 8.42 Å². The lowest BCUT2D eigenvalue weighted by Gasteiger charge is -2.34. The molecule has 1 N–H and O–H groups in total. The van der Waals surface area contributed by atoms with Crippen LogP contribution in [0.15, 0.2) is 108 Å². The fraction of sp³-hybridized carbons (Fsp3) is 0.297. The summed E-state index contributed by atoms with van der Waals surface area (Å²) in [5.41, 5.74) is 1.72. The molecule has 0 saturated carbocycles. The van der Waals surface area contributed by atoms with E-state index in [-0.39, 0.29) is 29.5 Å². The van der Waals surface area contributed by atoms with Crippen molar-refractivity contribution < 1.29 is 31.2 Å². The molecule has 4 aromatic rings. The molecule has 0 saturated heterocycles.